The van der Waals surface area contributed by atoms with Gasteiger partial charge in [-0.1, -0.05) is 6.92 Å². The van der Waals surface area contributed by atoms with Crippen molar-refractivity contribution in [2.45, 2.75) is 26.7 Å². The summed E-state index contributed by atoms with van der Waals surface area (Å²) < 4.78 is 5.25. The van der Waals surface area contributed by atoms with Gasteiger partial charge in [0.2, 0.25) is 0 Å². The van der Waals surface area contributed by atoms with E-state index >= 15 is 0 Å². The van der Waals surface area contributed by atoms with Gasteiger partial charge in [-0.3, -0.25) is 14.9 Å². The molecule has 0 atom stereocenters. The standard InChI is InChI=1S/C19H22N4O4/c1-3-5-19(24)27-14-22(4-2)17-10-6-15(7-11-17)20-21-16-8-12-18(13-9-16)23(25)26/h6-13H,3-5,14H2,1-2H3. The van der Waals surface area contributed by atoms with Gasteiger partial charge in [-0.25, -0.2) is 0 Å². The summed E-state index contributed by atoms with van der Waals surface area (Å²) in [6, 6.07) is 13.2. The van der Waals surface area contributed by atoms with Crippen LogP contribution in [0.4, 0.5) is 22.7 Å². The van der Waals surface area contributed by atoms with E-state index in [1.54, 1.807) is 24.3 Å². The van der Waals surface area contributed by atoms with Crippen molar-refractivity contribution in [3.63, 3.8) is 0 Å². The summed E-state index contributed by atoms with van der Waals surface area (Å²) >= 11 is 0. The van der Waals surface area contributed by atoms with Crippen molar-refractivity contribution in [1.29, 1.82) is 0 Å². The number of anilines is 1. The number of carbonyl (C=O) groups is 1. The number of non-ortho nitro benzene ring substituents is 1. The first-order valence-electron chi connectivity index (χ1n) is 8.70. The minimum atomic E-state index is -0.460. The molecule has 0 heterocycles. The molecule has 0 aliphatic carbocycles. The molecule has 0 radical (unpaired) electrons. The predicted octanol–water partition coefficient (Wildman–Crippen LogP) is 5.14. The third-order valence-corrected chi connectivity index (χ3v) is 3.77. The van der Waals surface area contributed by atoms with Crippen LogP contribution in [-0.2, 0) is 9.53 Å². The SMILES string of the molecule is CCCC(=O)OCN(CC)c1ccc(N=Nc2ccc([N+](=O)[O-])cc2)cc1. The summed E-state index contributed by atoms with van der Waals surface area (Å²) in [7, 11) is 0. The number of esters is 1. The lowest BCUT2D eigenvalue weighted by Crippen LogP contribution is -2.27. The third-order valence-electron chi connectivity index (χ3n) is 3.77. The van der Waals surface area contributed by atoms with Crippen LogP contribution in [0.25, 0.3) is 0 Å². The smallest absolute Gasteiger partial charge is 0.307 e. The second kappa shape index (κ2) is 10.0. The minimum Gasteiger partial charge on any atom is -0.444 e. The number of carbonyl (C=O) groups excluding carboxylic acids is 1. The van der Waals surface area contributed by atoms with Gasteiger partial charge in [0.1, 0.15) is 0 Å². The van der Waals surface area contributed by atoms with Crippen molar-refractivity contribution in [1.82, 2.24) is 0 Å². The molecule has 8 nitrogen and oxygen atoms in total. The number of nitro groups is 1. The maximum atomic E-state index is 11.5. The number of nitro benzene ring substituents is 1. The molecule has 0 saturated carbocycles. The van der Waals surface area contributed by atoms with Crippen LogP contribution in [0.5, 0.6) is 0 Å². The van der Waals surface area contributed by atoms with Crippen molar-refractivity contribution < 1.29 is 14.5 Å². The van der Waals surface area contributed by atoms with Gasteiger partial charge in [0.05, 0.1) is 16.3 Å². The first-order valence-corrected chi connectivity index (χ1v) is 8.70. The maximum absolute atomic E-state index is 11.5. The Bertz CT molecular complexity index is 788. The molecule has 0 saturated heterocycles. The Hall–Kier alpha value is -3.29. The van der Waals surface area contributed by atoms with E-state index in [2.05, 4.69) is 10.2 Å². The number of azo groups is 1. The van der Waals surface area contributed by atoms with Crippen LogP contribution in [0, 0.1) is 10.1 Å². The van der Waals surface area contributed by atoms with Gasteiger partial charge in [0, 0.05) is 30.8 Å². The second-order valence-electron chi connectivity index (χ2n) is 5.74. The highest BCUT2D eigenvalue weighted by molar-refractivity contribution is 5.69. The molecule has 0 aliphatic rings. The molecule has 0 amide bonds. The summed E-state index contributed by atoms with van der Waals surface area (Å²) in [6.45, 7) is 4.82. The predicted molar refractivity (Wildman–Crippen MR) is 103 cm³/mol. The number of benzene rings is 2. The van der Waals surface area contributed by atoms with Gasteiger partial charge in [0.25, 0.3) is 5.69 Å². The fourth-order valence-electron chi connectivity index (χ4n) is 2.26. The van der Waals surface area contributed by atoms with Gasteiger partial charge in [-0.2, -0.15) is 10.2 Å². The molecule has 2 rings (SSSR count). The molecule has 0 bridgehead atoms. The van der Waals surface area contributed by atoms with Gasteiger partial charge >= 0.3 is 5.97 Å². The Balaban J connectivity index is 1.98. The average molecular weight is 370 g/mol. The summed E-state index contributed by atoms with van der Waals surface area (Å²) in [6.07, 6.45) is 1.18. The molecule has 0 aliphatic heterocycles. The first-order chi connectivity index (χ1) is 13.0. The monoisotopic (exact) mass is 370 g/mol. The second-order valence-corrected chi connectivity index (χ2v) is 5.74. The van der Waals surface area contributed by atoms with Crippen LogP contribution in [-0.4, -0.2) is 24.2 Å². The van der Waals surface area contributed by atoms with Gasteiger partial charge in [0.15, 0.2) is 6.73 Å². The third kappa shape index (κ3) is 6.18. The highest BCUT2D eigenvalue weighted by atomic mass is 16.6. The molecule has 0 unspecified atom stereocenters. The van der Waals surface area contributed by atoms with Gasteiger partial charge in [-0.15, -0.1) is 0 Å². The maximum Gasteiger partial charge on any atom is 0.307 e. The van der Waals surface area contributed by atoms with Crippen LogP contribution in [0.1, 0.15) is 26.7 Å². The van der Waals surface area contributed by atoms with E-state index in [0.717, 1.165) is 12.1 Å². The van der Waals surface area contributed by atoms with Crippen molar-refractivity contribution in [3.05, 3.63) is 58.6 Å². The van der Waals surface area contributed by atoms with E-state index in [-0.39, 0.29) is 18.4 Å². The molecule has 8 heteroatoms. The molecule has 2 aromatic rings. The topological polar surface area (TPSA) is 97.4 Å². The highest BCUT2D eigenvalue weighted by Gasteiger charge is 2.08. The van der Waals surface area contributed by atoms with Crippen LogP contribution >= 0.6 is 0 Å². The molecule has 142 valence electrons. The fraction of sp³-hybridized carbons (Fsp3) is 0.316. The van der Waals surface area contributed by atoms with Crippen molar-refractivity contribution in [2.75, 3.05) is 18.2 Å². The van der Waals surface area contributed by atoms with E-state index in [9.17, 15) is 14.9 Å². The van der Waals surface area contributed by atoms with E-state index < -0.39 is 4.92 Å². The zero-order valence-electron chi connectivity index (χ0n) is 15.4. The van der Waals surface area contributed by atoms with Gasteiger partial charge < -0.3 is 9.64 Å². The van der Waals surface area contributed by atoms with Crippen molar-refractivity contribution >= 4 is 28.7 Å². The number of rotatable bonds is 9. The van der Waals surface area contributed by atoms with Crippen LogP contribution in [0.15, 0.2) is 58.8 Å². The molecular formula is C19H22N4O4. The summed E-state index contributed by atoms with van der Waals surface area (Å²) in [5.41, 5.74) is 2.10. The largest absolute Gasteiger partial charge is 0.444 e. The Morgan fingerprint density at radius 3 is 2.07 bits per heavy atom. The zero-order chi connectivity index (χ0) is 19.6. The average Bonchev–Trinajstić information content (AvgIpc) is 2.68. The lowest BCUT2D eigenvalue weighted by atomic mass is 10.2. The van der Waals surface area contributed by atoms with E-state index in [1.165, 1.54) is 12.1 Å². The zero-order valence-corrected chi connectivity index (χ0v) is 15.4. The summed E-state index contributed by atoms with van der Waals surface area (Å²) in [5.74, 6) is -0.204. The lowest BCUT2D eigenvalue weighted by molar-refractivity contribution is -0.384. The quantitative estimate of drug-likeness (QED) is 0.200. The lowest BCUT2D eigenvalue weighted by Gasteiger charge is -2.22. The van der Waals surface area contributed by atoms with Crippen LogP contribution in [0.3, 0.4) is 0 Å². The molecule has 0 aromatic heterocycles. The Morgan fingerprint density at radius 1 is 1.04 bits per heavy atom. The summed E-state index contributed by atoms with van der Waals surface area (Å²) in [4.78, 5) is 23.6. The van der Waals surface area contributed by atoms with E-state index in [1.807, 2.05) is 30.9 Å². The molecule has 0 N–H and O–H groups in total. The van der Waals surface area contributed by atoms with Crippen LogP contribution in [0.2, 0.25) is 0 Å². The normalized spacial score (nSPS) is 10.7. The van der Waals surface area contributed by atoms with E-state index in [0.29, 0.717) is 24.3 Å². The van der Waals surface area contributed by atoms with Crippen LogP contribution < -0.4 is 4.90 Å². The molecular weight excluding hydrogens is 348 g/mol. The Morgan fingerprint density at radius 2 is 1.59 bits per heavy atom. The van der Waals surface area contributed by atoms with Crippen molar-refractivity contribution in [3.8, 4) is 0 Å². The number of nitrogens with zero attached hydrogens (tertiary/aromatic N) is 4. The Labute approximate surface area is 157 Å². The Kier molecular flexibility index (Phi) is 7.42. The fourth-order valence-corrected chi connectivity index (χ4v) is 2.26. The molecule has 0 spiro atoms. The summed E-state index contributed by atoms with van der Waals surface area (Å²) in [5, 5.41) is 18.8. The number of hydrogen-bond acceptors (Lipinski definition) is 7. The molecule has 0 fully saturated rings. The van der Waals surface area contributed by atoms with E-state index in [4.69, 9.17) is 4.74 Å². The highest BCUT2D eigenvalue weighted by Crippen LogP contribution is 2.23. The minimum absolute atomic E-state index is 0.0117. The van der Waals surface area contributed by atoms with Gasteiger partial charge in [-0.05, 0) is 49.7 Å². The number of hydrogen-bond donors (Lipinski definition) is 0. The van der Waals surface area contributed by atoms with Crippen molar-refractivity contribution in [2.24, 2.45) is 10.2 Å². The molecule has 27 heavy (non-hydrogen) atoms. The molecule has 2 aromatic carbocycles. The first kappa shape index (κ1) is 20.0. The number of ether oxygens (including phenoxy) is 1.